The summed E-state index contributed by atoms with van der Waals surface area (Å²) in [6.45, 7) is 4.78. The van der Waals surface area contributed by atoms with Crippen molar-refractivity contribution in [1.29, 1.82) is 0 Å². The lowest BCUT2D eigenvalue weighted by molar-refractivity contribution is 0.212. The molecule has 0 aliphatic heterocycles. The monoisotopic (exact) mass is 302 g/mol. The summed E-state index contributed by atoms with van der Waals surface area (Å²) < 4.78 is 27.8. The molecule has 0 aromatic carbocycles. The standard InChI is InChI=1S/C13H22N2O2S2/c1-13(2)5-3-4-11(7-13)15-19(16,17)12-6-10(8-14)9-18-12/h6,9,11,15H,3-5,7-8,14H2,1-2H3. The maximum atomic E-state index is 12.3. The van der Waals surface area contributed by atoms with Crippen LogP contribution in [0.1, 0.15) is 45.1 Å². The molecule has 3 N–H and O–H groups in total. The normalized spacial score (nSPS) is 23.4. The summed E-state index contributed by atoms with van der Waals surface area (Å²) in [6.07, 6.45) is 4.08. The first-order valence-corrected chi connectivity index (χ1v) is 8.98. The van der Waals surface area contributed by atoms with Crippen molar-refractivity contribution in [3.63, 3.8) is 0 Å². The highest BCUT2D eigenvalue weighted by atomic mass is 32.2. The van der Waals surface area contributed by atoms with E-state index in [1.807, 2.05) is 0 Å². The van der Waals surface area contributed by atoms with Crippen LogP contribution in [0.25, 0.3) is 0 Å². The topological polar surface area (TPSA) is 72.2 Å². The molecule has 1 aromatic rings. The number of hydrogen-bond donors (Lipinski definition) is 2. The van der Waals surface area contributed by atoms with Gasteiger partial charge in [-0.2, -0.15) is 0 Å². The Bertz CT molecular complexity index is 535. The molecule has 0 saturated heterocycles. The lowest BCUT2D eigenvalue weighted by atomic mass is 9.75. The Morgan fingerprint density at radius 3 is 2.84 bits per heavy atom. The minimum atomic E-state index is -3.39. The van der Waals surface area contributed by atoms with Gasteiger partial charge in [0.1, 0.15) is 4.21 Å². The van der Waals surface area contributed by atoms with E-state index >= 15 is 0 Å². The second kappa shape index (κ2) is 5.52. The lowest BCUT2D eigenvalue weighted by Gasteiger charge is -2.35. The van der Waals surface area contributed by atoms with Crippen molar-refractivity contribution in [2.45, 2.75) is 56.3 Å². The van der Waals surface area contributed by atoms with Crippen LogP contribution in [0.3, 0.4) is 0 Å². The molecule has 1 atom stereocenters. The van der Waals surface area contributed by atoms with E-state index in [1.165, 1.54) is 17.8 Å². The van der Waals surface area contributed by atoms with E-state index in [1.54, 1.807) is 11.4 Å². The molecular weight excluding hydrogens is 280 g/mol. The minimum absolute atomic E-state index is 0.0529. The number of rotatable bonds is 4. The molecule has 0 amide bonds. The third-order valence-corrected chi connectivity index (χ3v) is 6.67. The van der Waals surface area contributed by atoms with Crippen LogP contribution in [-0.4, -0.2) is 14.5 Å². The number of hydrogen-bond acceptors (Lipinski definition) is 4. The average Bonchev–Trinajstić information content (AvgIpc) is 2.76. The van der Waals surface area contributed by atoms with Gasteiger partial charge in [0.25, 0.3) is 0 Å². The molecule has 1 fully saturated rings. The van der Waals surface area contributed by atoms with E-state index in [9.17, 15) is 8.42 Å². The summed E-state index contributed by atoms with van der Waals surface area (Å²) in [5.74, 6) is 0. The van der Waals surface area contributed by atoms with E-state index in [2.05, 4.69) is 18.6 Å². The van der Waals surface area contributed by atoms with Crippen molar-refractivity contribution in [2.75, 3.05) is 0 Å². The number of sulfonamides is 1. The third kappa shape index (κ3) is 3.78. The summed E-state index contributed by atoms with van der Waals surface area (Å²) in [6, 6.07) is 1.72. The smallest absolute Gasteiger partial charge is 0.250 e. The van der Waals surface area contributed by atoms with Crippen LogP contribution in [0.2, 0.25) is 0 Å². The van der Waals surface area contributed by atoms with Crippen molar-refractivity contribution < 1.29 is 8.42 Å². The Kier molecular flexibility index (Phi) is 4.35. The van der Waals surface area contributed by atoms with Gasteiger partial charge in [-0.3, -0.25) is 0 Å². The maximum Gasteiger partial charge on any atom is 0.250 e. The molecule has 0 radical (unpaired) electrons. The lowest BCUT2D eigenvalue weighted by Crippen LogP contribution is -2.40. The van der Waals surface area contributed by atoms with Gasteiger partial charge >= 0.3 is 0 Å². The van der Waals surface area contributed by atoms with Crippen molar-refractivity contribution in [3.05, 3.63) is 17.0 Å². The van der Waals surface area contributed by atoms with Crippen LogP contribution in [-0.2, 0) is 16.6 Å². The van der Waals surface area contributed by atoms with Gasteiger partial charge in [-0.15, -0.1) is 11.3 Å². The van der Waals surface area contributed by atoms with Crippen LogP contribution < -0.4 is 10.5 Å². The predicted molar refractivity (Wildman–Crippen MR) is 78.6 cm³/mol. The fourth-order valence-corrected chi connectivity index (χ4v) is 5.19. The van der Waals surface area contributed by atoms with Crippen LogP contribution in [0.4, 0.5) is 0 Å². The van der Waals surface area contributed by atoms with Gasteiger partial charge in [-0.1, -0.05) is 20.3 Å². The Hall–Kier alpha value is -0.430. The van der Waals surface area contributed by atoms with Gasteiger partial charge in [0.15, 0.2) is 0 Å². The van der Waals surface area contributed by atoms with Crippen molar-refractivity contribution >= 4 is 21.4 Å². The molecule has 19 heavy (non-hydrogen) atoms. The molecular formula is C13H22N2O2S2. The van der Waals surface area contributed by atoms with E-state index in [4.69, 9.17) is 5.73 Å². The first-order chi connectivity index (χ1) is 8.82. The van der Waals surface area contributed by atoms with Crippen LogP contribution >= 0.6 is 11.3 Å². The number of thiophene rings is 1. The highest BCUT2D eigenvalue weighted by molar-refractivity contribution is 7.91. The van der Waals surface area contributed by atoms with E-state index < -0.39 is 10.0 Å². The molecule has 1 unspecified atom stereocenters. The minimum Gasteiger partial charge on any atom is -0.326 e. The number of nitrogens with one attached hydrogen (secondary N) is 1. The van der Waals surface area contributed by atoms with E-state index in [0.29, 0.717) is 10.8 Å². The van der Waals surface area contributed by atoms with E-state index in [0.717, 1.165) is 24.8 Å². The maximum absolute atomic E-state index is 12.3. The highest BCUT2D eigenvalue weighted by Gasteiger charge is 2.31. The molecule has 0 spiro atoms. The molecule has 2 rings (SSSR count). The Labute approximate surface area is 119 Å². The van der Waals surface area contributed by atoms with Crippen LogP contribution in [0, 0.1) is 5.41 Å². The second-order valence-electron chi connectivity index (χ2n) is 6.06. The summed E-state index contributed by atoms with van der Waals surface area (Å²) in [5.41, 5.74) is 6.61. The van der Waals surface area contributed by atoms with Crippen molar-refractivity contribution in [1.82, 2.24) is 4.72 Å². The molecule has 108 valence electrons. The molecule has 4 nitrogen and oxygen atoms in total. The molecule has 1 aliphatic carbocycles. The predicted octanol–water partition coefficient (Wildman–Crippen LogP) is 2.45. The van der Waals surface area contributed by atoms with Gasteiger partial charge < -0.3 is 5.73 Å². The summed E-state index contributed by atoms with van der Waals surface area (Å²) in [7, 11) is -3.39. The fraction of sp³-hybridized carbons (Fsp3) is 0.692. The molecule has 1 aliphatic rings. The van der Waals surface area contributed by atoms with Crippen molar-refractivity contribution in [2.24, 2.45) is 11.1 Å². The SMILES string of the molecule is CC1(C)CCCC(NS(=O)(=O)c2cc(CN)cs2)C1. The van der Waals surface area contributed by atoms with Gasteiger partial charge in [0, 0.05) is 12.6 Å². The first-order valence-electron chi connectivity index (χ1n) is 6.62. The first kappa shape index (κ1) is 15.0. The summed E-state index contributed by atoms with van der Waals surface area (Å²) in [4.78, 5) is 0. The molecule has 1 aromatic heterocycles. The Morgan fingerprint density at radius 1 is 1.53 bits per heavy atom. The third-order valence-electron chi connectivity index (χ3n) is 3.66. The zero-order valence-corrected chi connectivity index (χ0v) is 13.1. The van der Waals surface area contributed by atoms with Gasteiger partial charge in [-0.25, -0.2) is 13.1 Å². The zero-order chi connectivity index (χ0) is 14.1. The van der Waals surface area contributed by atoms with Crippen LogP contribution in [0.5, 0.6) is 0 Å². The molecule has 1 saturated carbocycles. The Morgan fingerprint density at radius 2 is 2.26 bits per heavy atom. The summed E-state index contributed by atoms with van der Waals surface area (Å²) >= 11 is 1.24. The zero-order valence-electron chi connectivity index (χ0n) is 11.5. The van der Waals surface area contributed by atoms with Gasteiger partial charge in [0.05, 0.1) is 0 Å². The largest absolute Gasteiger partial charge is 0.326 e. The van der Waals surface area contributed by atoms with Crippen molar-refractivity contribution in [3.8, 4) is 0 Å². The van der Waals surface area contributed by atoms with Crippen LogP contribution in [0.15, 0.2) is 15.7 Å². The van der Waals surface area contributed by atoms with Gasteiger partial charge in [0.2, 0.25) is 10.0 Å². The quantitative estimate of drug-likeness (QED) is 0.897. The second-order valence-corrected chi connectivity index (χ2v) is 8.91. The Balaban J connectivity index is 2.09. The molecule has 1 heterocycles. The average molecular weight is 302 g/mol. The highest BCUT2D eigenvalue weighted by Crippen LogP contribution is 2.35. The molecule has 6 heteroatoms. The van der Waals surface area contributed by atoms with Gasteiger partial charge in [-0.05, 0) is 41.7 Å². The fourth-order valence-electron chi connectivity index (χ4n) is 2.68. The van der Waals surface area contributed by atoms with E-state index in [-0.39, 0.29) is 11.5 Å². The number of nitrogens with two attached hydrogens (primary N) is 1. The molecule has 0 bridgehead atoms. The summed E-state index contributed by atoms with van der Waals surface area (Å²) in [5, 5.41) is 1.80.